The summed E-state index contributed by atoms with van der Waals surface area (Å²) >= 11 is 0. The van der Waals surface area contributed by atoms with Gasteiger partial charge in [-0.2, -0.15) is 5.26 Å². The maximum absolute atomic E-state index is 9.37. The van der Waals surface area contributed by atoms with Crippen LogP contribution in [0.15, 0.2) is 34.9 Å². The molecule has 1 heteroatoms. The molecule has 0 radical (unpaired) electrons. The number of fused-ring (bicyclic) bond motifs is 2. The zero-order valence-electron chi connectivity index (χ0n) is 8.21. The summed E-state index contributed by atoms with van der Waals surface area (Å²) in [6.45, 7) is 0. The molecule has 0 N–H and O–H groups in total. The zero-order chi connectivity index (χ0) is 9.60. The van der Waals surface area contributed by atoms with Crippen LogP contribution in [0, 0.1) is 16.7 Å². The molecule has 3 aliphatic rings. The molecular formula is C13H13N. The summed E-state index contributed by atoms with van der Waals surface area (Å²) in [5.41, 5.74) is 4.02. The fraction of sp³-hybridized carbons (Fsp3) is 0.462. The van der Waals surface area contributed by atoms with E-state index in [1.165, 1.54) is 29.6 Å². The van der Waals surface area contributed by atoms with E-state index in [2.05, 4.69) is 24.3 Å². The molecule has 1 saturated carbocycles. The van der Waals surface area contributed by atoms with Crippen molar-refractivity contribution in [2.75, 3.05) is 0 Å². The van der Waals surface area contributed by atoms with Crippen LogP contribution in [-0.2, 0) is 0 Å². The lowest BCUT2D eigenvalue weighted by atomic mass is 9.78. The Balaban J connectivity index is 2.08. The first kappa shape index (κ1) is 8.05. The topological polar surface area (TPSA) is 23.8 Å². The largest absolute Gasteiger partial charge is 0.197 e. The van der Waals surface area contributed by atoms with Crippen molar-refractivity contribution in [2.24, 2.45) is 5.41 Å². The summed E-state index contributed by atoms with van der Waals surface area (Å²) in [5.74, 6) is 0. The Morgan fingerprint density at radius 3 is 2.50 bits per heavy atom. The van der Waals surface area contributed by atoms with Crippen LogP contribution in [0.25, 0.3) is 0 Å². The van der Waals surface area contributed by atoms with Crippen molar-refractivity contribution in [1.29, 1.82) is 5.26 Å². The zero-order valence-corrected chi connectivity index (χ0v) is 8.21. The Morgan fingerprint density at radius 2 is 2.00 bits per heavy atom. The van der Waals surface area contributed by atoms with Crippen LogP contribution in [0.3, 0.4) is 0 Å². The number of nitrogens with zero attached hydrogens (tertiary/aromatic N) is 1. The van der Waals surface area contributed by atoms with Crippen LogP contribution in [0.4, 0.5) is 0 Å². The van der Waals surface area contributed by atoms with Gasteiger partial charge in [0.25, 0.3) is 0 Å². The van der Waals surface area contributed by atoms with Crippen LogP contribution < -0.4 is 0 Å². The minimum Gasteiger partial charge on any atom is -0.197 e. The molecule has 1 fully saturated rings. The first-order valence-corrected chi connectivity index (χ1v) is 5.38. The Kier molecular flexibility index (Phi) is 1.50. The number of hydrogen-bond donors (Lipinski definition) is 0. The molecule has 0 aliphatic heterocycles. The summed E-state index contributed by atoms with van der Waals surface area (Å²) in [6, 6.07) is 2.57. The second-order valence-electron chi connectivity index (χ2n) is 4.57. The highest BCUT2D eigenvalue weighted by Gasteiger charge is 2.40. The summed E-state index contributed by atoms with van der Waals surface area (Å²) < 4.78 is 0. The van der Waals surface area contributed by atoms with Gasteiger partial charge >= 0.3 is 0 Å². The van der Waals surface area contributed by atoms with E-state index in [1.54, 1.807) is 0 Å². The van der Waals surface area contributed by atoms with Gasteiger partial charge in [0.15, 0.2) is 0 Å². The SMILES string of the molecule is N#CC1(C2=C3C=CC(=C2)C3)CCCC1. The van der Waals surface area contributed by atoms with E-state index in [0.717, 1.165) is 19.3 Å². The molecule has 14 heavy (non-hydrogen) atoms. The van der Waals surface area contributed by atoms with Gasteiger partial charge in [0.05, 0.1) is 11.5 Å². The van der Waals surface area contributed by atoms with Crippen molar-refractivity contribution >= 4 is 0 Å². The maximum atomic E-state index is 9.37. The van der Waals surface area contributed by atoms with Gasteiger partial charge in [-0.1, -0.05) is 31.1 Å². The number of nitriles is 1. The van der Waals surface area contributed by atoms with Gasteiger partial charge in [0.2, 0.25) is 0 Å². The molecule has 0 aromatic heterocycles. The van der Waals surface area contributed by atoms with Gasteiger partial charge in [-0.05, 0) is 36.0 Å². The van der Waals surface area contributed by atoms with Gasteiger partial charge in [-0.3, -0.25) is 0 Å². The summed E-state index contributed by atoms with van der Waals surface area (Å²) in [6.07, 6.45) is 12.3. The van der Waals surface area contributed by atoms with Crippen molar-refractivity contribution in [3.05, 3.63) is 34.9 Å². The molecule has 3 rings (SSSR count). The number of allylic oxidation sites excluding steroid dienone is 6. The van der Waals surface area contributed by atoms with E-state index in [1.807, 2.05) is 0 Å². The number of hydrogen-bond acceptors (Lipinski definition) is 1. The van der Waals surface area contributed by atoms with E-state index >= 15 is 0 Å². The molecule has 70 valence electrons. The third kappa shape index (κ3) is 0.889. The van der Waals surface area contributed by atoms with E-state index in [4.69, 9.17) is 0 Å². The van der Waals surface area contributed by atoms with Crippen LogP contribution in [0.1, 0.15) is 32.1 Å². The second-order valence-corrected chi connectivity index (χ2v) is 4.57. The predicted molar refractivity (Wildman–Crippen MR) is 55.4 cm³/mol. The van der Waals surface area contributed by atoms with Crippen molar-refractivity contribution < 1.29 is 0 Å². The van der Waals surface area contributed by atoms with Gasteiger partial charge in [-0.25, -0.2) is 0 Å². The molecule has 1 nitrogen and oxygen atoms in total. The summed E-state index contributed by atoms with van der Waals surface area (Å²) in [7, 11) is 0. The van der Waals surface area contributed by atoms with Crippen molar-refractivity contribution in [2.45, 2.75) is 32.1 Å². The Morgan fingerprint density at radius 1 is 1.21 bits per heavy atom. The predicted octanol–water partition coefficient (Wildman–Crippen LogP) is 3.27. The summed E-state index contributed by atoms with van der Waals surface area (Å²) in [4.78, 5) is 0. The minimum atomic E-state index is -0.123. The highest BCUT2D eigenvalue weighted by atomic mass is 14.5. The van der Waals surface area contributed by atoms with Crippen LogP contribution in [-0.4, -0.2) is 0 Å². The Labute approximate surface area is 84.4 Å². The molecule has 0 amide bonds. The molecule has 0 heterocycles. The molecule has 0 atom stereocenters. The summed E-state index contributed by atoms with van der Waals surface area (Å²) in [5, 5.41) is 9.37. The van der Waals surface area contributed by atoms with E-state index < -0.39 is 0 Å². The van der Waals surface area contributed by atoms with Gasteiger partial charge < -0.3 is 0 Å². The molecule has 3 aliphatic carbocycles. The Hall–Kier alpha value is -1.29. The van der Waals surface area contributed by atoms with Crippen LogP contribution in [0.5, 0.6) is 0 Å². The van der Waals surface area contributed by atoms with Crippen LogP contribution in [0.2, 0.25) is 0 Å². The smallest absolute Gasteiger partial charge is 0.0825 e. The van der Waals surface area contributed by atoms with Gasteiger partial charge in [-0.15, -0.1) is 0 Å². The molecule has 2 bridgehead atoms. The highest BCUT2D eigenvalue weighted by molar-refractivity contribution is 5.58. The highest BCUT2D eigenvalue weighted by Crippen LogP contribution is 2.50. The standard InChI is InChI=1S/C13H13N/c14-9-13(5-1-2-6-13)12-8-10-3-4-11(12)7-10/h3-4,8H,1-2,5-7H2. The normalized spacial score (nSPS) is 26.9. The third-order valence-corrected chi connectivity index (χ3v) is 3.76. The lowest BCUT2D eigenvalue weighted by Gasteiger charge is -2.22. The first-order chi connectivity index (χ1) is 6.84. The van der Waals surface area contributed by atoms with E-state index in [0.29, 0.717) is 0 Å². The second kappa shape index (κ2) is 2.60. The van der Waals surface area contributed by atoms with Gasteiger partial charge in [0.1, 0.15) is 0 Å². The molecule has 0 saturated heterocycles. The first-order valence-electron chi connectivity index (χ1n) is 5.38. The molecule has 0 aromatic carbocycles. The average Bonchev–Trinajstić information content (AvgIpc) is 2.94. The molecular weight excluding hydrogens is 170 g/mol. The van der Waals surface area contributed by atoms with Gasteiger partial charge in [0, 0.05) is 0 Å². The fourth-order valence-corrected chi connectivity index (χ4v) is 2.97. The molecule has 0 spiro atoms. The third-order valence-electron chi connectivity index (χ3n) is 3.76. The number of rotatable bonds is 1. The average molecular weight is 183 g/mol. The Bertz CT molecular complexity index is 409. The molecule has 0 aromatic rings. The molecule has 0 unspecified atom stereocenters. The van der Waals surface area contributed by atoms with E-state index in [9.17, 15) is 5.26 Å². The van der Waals surface area contributed by atoms with Crippen LogP contribution >= 0.6 is 0 Å². The maximum Gasteiger partial charge on any atom is 0.0825 e. The quantitative estimate of drug-likeness (QED) is 0.612. The minimum absolute atomic E-state index is 0.123. The van der Waals surface area contributed by atoms with Crippen molar-refractivity contribution in [1.82, 2.24) is 0 Å². The van der Waals surface area contributed by atoms with Crippen molar-refractivity contribution in [3.8, 4) is 6.07 Å². The monoisotopic (exact) mass is 183 g/mol. The van der Waals surface area contributed by atoms with E-state index in [-0.39, 0.29) is 5.41 Å². The van der Waals surface area contributed by atoms with Crippen molar-refractivity contribution in [3.63, 3.8) is 0 Å². The lowest BCUT2D eigenvalue weighted by Crippen LogP contribution is -2.16. The lowest BCUT2D eigenvalue weighted by molar-refractivity contribution is 0.504. The fourth-order valence-electron chi connectivity index (χ4n) is 2.97.